The van der Waals surface area contributed by atoms with Gasteiger partial charge in [-0.15, -0.1) is 24.0 Å². The van der Waals surface area contributed by atoms with E-state index in [2.05, 4.69) is 43.2 Å². The Morgan fingerprint density at radius 3 is 2.48 bits per heavy atom. The number of hydrogen-bond acceptors (Lipinski definition) is 2. The van der Waals surface area contributed by atoms with E-state index in [9.17, 15) is 0 Å². The van der Waals surface area contributed by atoms with E-state index in [0.29, 0.717) is 24.5 Å². The molecule has 0 heterocycles. The molecule has 5 heteroatoms. The molecule has 0 aliphatic heterocycles. The van der Waals surface area contributed by atoms with Crippen LogP contribution in [-0.2, 0) is 0 Å². The number of rotatable bonds is 4. The van der Waals surface area contributed by atoms with E-state index in [0.717, 1.165) is 12.2 Å². The highest BCUT2D eigenvalue weighted by molar-refractivity contribution is 14.0. The fourth-order valence-electron chi connectivity index (χ4n) is 2.26. The Hall–Kier alpha value is -0.980. The Morgan fingerprint density at radius 2 is 1.95 bits per heavy atom. The largest absolute Gasteiger partial charge is 0.494 e. The molecule has 0 radical (unpaired) electrons. The zero-order chi connectivity index (χ0) is 14.8. The van der Waals surface area contributed by atoms with Gasteiger partial charge >= 0.3 is 0 Å². The molecule has 3 N–H and O–H groups in total. The van der Waals surface area contributed by atoms with Gasteiger partial charge in [-0.05, 0) is 51.8 Å². The first-order valence-electron chi connectivity index (χ1n) is 7.23. The third kappa shape index (κ3) is 5.73. The summed E-state index contributed by atoms with van der Waals surface area (Å²) < 4.78 is 5.45. The van der Waals surface area contributed by atoms with Crippen LogP contribution in [0, 0.1) is 0 Å². The number of guanidine groups is 1. The predicted octanol–water partition coefficient (Wildman–Crippen LogP) is 3.26. The molecule has 2 atom stereocenters. The van der Waals surface area contributed by atoms with Crippen LogP contribution in [0.3, 0.4) is 0 Å². The second-order valence-electron chi connectivity index (χ2n) is 6.30. The molecule has 2 rings (SSSR count). The van der Waals surface area contributed by atoms with E-state index in [1.807, 2.05) is 19.1 Å². The molecule has 21 heavy (non-hydrogen) atoms. The Kier molecular flexibility index (Phi) is 6.31. The summed E-state index contributed by atoms with van der Waals surface area (Å²) in [6.07, 6.45) is 1.07. The van der Waals surface area contributed by atoms with Gasteiger partial charge in [-0.2, -0.15) is 0 Å². The van der Waals surface area contributed by atoms with Crippen molar-refractivity contribution in [1.82, 2.24) is 5.32 Å². The van der Waals surface area contributed by atoms with Crippen LogP contribution in [0.5, 0.6) is 5.75 Å². The third-order valence-electron chi connectivity index (χ3n) is 3.18. The van der Waals surface area contributed by atoms with Crippen molar-refractivity contribution >= 4 is 29.9 Å². The zero-order valence-electron chi connectivity index (χ0n) is 13.2. The van der Waals surface area contributed by atoms with Crippen molar-refractivity contribution in [3.05, 3.63) is 29.8 Å². The van der Waals surface area contributed by atoms with E-state index in [1.54, 1.807) is 0 Å². The van der Waals surface area contributed by atoms with Gasteiger partial charge < -0.3 is 15.8 Å². The molecule has 1 aliphatic carbocycles. The minimum Gasteiger partial charge on any atom is -0.494 e. The Bertz CT molecular complexity index is 479. The van der Waals surface area contributed by atoms with E-state index < -0.39 is 0 Å². The lowest BCUT2D eigenvalue weighted by Gasteiger charge is -2.21. The average molecular weight is 403 g/mol. The van der Waals surface area contributed by atoms with Gasteiger partial charge in [-0.25, -0.2) is 4.99 Å². The molecule has 0 amide bonds. The first-order valence-corrected chi connectivity index (χ1v) is 7.23. The highest BCUT2D eigenvalue weighted by Crippen LogP contribution is 2.43. The van der Waals surface area contributed by atoms with Crippen LogP contribution in [-0.4, -0.2) is 24.1 Å². The lowest BCUT2D eigenvalue weighted by molar-refractivity contribution is 0.340. The maximum atomic E-state index is 5.92. The standard InChI is InChI=1S/C16H25N3O.HI/c1-5-20-12-8-6-11(7-9-12)13-10-14(13)18-15(17)19-16(2,3)4;/h6-9,13-14H,5,10H2,1-4H3,(H3,17,18,19);1H/t13-,14+;/m0./s1. The summed E-state index contributed by atoms with van der Waals surface area (Å²) in [4.78, 5) is 4.54. The molecule has 0 aromatic heterocycles. The fourth-order valence-corrected chi connectivity index (χ4v) is 2.26. The van der Waals surface area contributed by atoms with E-state index in [-0.39, 0.29) is 29.5 Å². The molecule has 1 fully saturated rings. The van der Waals surface area contributed by atoms with Gasteiger partial charge in [0.15, 0.2) is 5.96 Å². The second-order valence-corrected chi connectivity index (χ2v) is 6.30. The van der Waals surface area contributed by atoms with Crippen LogP contribution < -0.4 is 15.8 Å². The molecule has 1 aromatic rings. The minimum atomic E-state index is -0.0445. The molecule has 0 bridgehead atoms. The van der Waals surface area contributed by atoms with Crippen LogP contribution >= 0.6 is 24.0 Å². The molecule has 1 aliphatic rings. The molecule has 0 unspecified atom stereocenters. The summed E-state index contributed by atoms with van der Waals surface area (Å²) in [5.74, 6) is 1.95. The predicted molar refractivity (Wildman–Crippen MR) is 98.7 cm³/mol. The van der Waals surface area contributed by atoms with Crippen molar-refractivity contribution in [3.63, 3.8) is 0 Å². The average Bonchev–Trinajstić information content (AvgIpc) is 3.07. The van der Waals surface area contributed by atoms with Crippen molar-refractivity contribution < 1.29 is 4.74 Å². The summed E-state index contributed by atoms with van der Waals surface area (Å²) in [5, 5.41) is 3.20. The Labute approximate surface area is 144 Å². The van der Waals surface area contributed by atoms with E-state index in [1.165, 1.54) is 5.56 Å². The van der Waals surface area contributed by atoms with Crippen molar-refractivity contribution in [3.8, 4) is 5.75 Å². The van der Waals surface area contributed by atoms with Crippen LogP contribution in [0.25, 0.3) is 0 Å². The van der Waals surface area contributed by atoms with Gasteiger partial charge in [0.25, 0.3) is 0 Å². The van der Waals surface area contributed by atoms with Crippen molar-refractivity contribution in [1.29, 1.82) is 0 Å². The van der Waals surface area contributed by atoms with Crippen LogP contribution in [0.2, 0.25) is 0 Å². The molecule has 4 nitrogen and oxygen atoms in total. The van der Waals surface area contributed by atoms with Crippen molar-refractivity contribution in [2.45, 2.75) is 51.6 Å². The highest BCUT2D eigenvalue weighted by atomic mass is 127. The summed E-state index contributed by atoms with van der Waals surface area (Å²) in [7, 11) is 0. The second kappa shape index (κ2) is 7.33. The molecule has 0 saturated heterocycles. The summed E-state index contributed by atoms with van der Waals surface area (Å²) in [6.45, 7) is 8.92. The van der Waals surface area contributed by atoms with Gasteiger partial charge in [0, 0.05) is 11.5 Å². The number of nitrogens with one attached hydrogen (secondary N) is 1. The van der Waals surface area contributed by atoms with Gasteiger partial charge in [0.1, 0.15) is 5.75 Å². The number of aliphatic imine (C=N–C) groups is 1. The monoisotopic (exact) mass is 403 g/mol. The first kappa shape index (κ1) is 18.1. The summed E-state index contributed by atoms with van der Waals surface area (Å²) in [6, 6.07) is 8.60. The topological polar surface area (TPSA) is 59.6 Å². The quantitative estimate of drug-likeness (QED) is 0.461. The van der Waals surface area contributed by atoms with Gasteiger partial charge in [-0.3, -0.25) is 0 Å². The number of halogens is 1. The smallest absolute Gasteiger partial charge is 0.189 e. The van der Waals surface area contributed by atoms with Crippen LogP contribution in [0.1, 0.15) is 45.6 Å². The molecular weight excluding hydrogens is 377 g/mol. The van der Waals surface area contributed by atoms with Crippen molar-refractivity contribution in [2.75, 3.05) is 6.61 Å². The zero-order valence-corrected chi connectivity index (χ0v) is 15.5. The first-order chi connectivity index (χ1) is 9.39. The van der Waals surface area contributed by atoms with E-state index in [4.69, 9.17) is 10.5 Å². The number of hydrogen-bond donors (Lipinski definition) is 2. The third-order valence-corrected chi connectivity index (χ3v) is 3.18. The van der Waals surface area contributed by atoms with E-state index >= 15 is 0 Å². The van der Waals surface area contributed by atoms with Crippen LogP contribution in [0.15, 0.2) is 29.3 Å². The Balaban J connectivity index is 0.00000220. The highest BCUT2D eigenvalue weighted by Gasteiger charge is 2.38. The number of benzene rings is 1. The summed E-state index contributed by atoms with van der Waals surface area (Å²) >= 11 is 0. The SMILES string of the molecule is CCOc1ccc([C@@H]2C[C@H]2N=C(N)NC(C)(C)C)cc1.I. The van der Waals surface area contributed by atoms with Gasteiger partial charge in [0.05, 0.1) is 12.6 Å². The summed E-state index contributed by atoms with van der Waals surface area (Å²) in [5.41, 5.74) is 7.19. The maximum Gasteiger partial charge on any atom is 0.189 e. The van der Waals surface area contributed by atoms with Crippen molar-refractivity contribution in [2.24, 2.45) is 10.7 Å². The molecular formula is C16H26IN3O. The number of ether oxygens (including phenoxy) is 1. The molecule has 1 saturated carbocycles. The molecule has 0 spiro atoms. The van der Waals surface area contributed by atoms with Gasteiger partial charge in [0.2, 0.25) is 0 Å². The number of nitrogens with zero attached hydrogens (tertiary/aromatic N) is 1. The minimum absolute atomic E-state index is 0. The molecule has 1 aromatic carbocycles. The normalized spacial score (nSPS) is 21.4. The number of nitrogens with two attached hydrogens (primary N) is 1. The maximum absolute atomic E-state index is 5.92. The lowest BCUT2D eigenvalue weighted by Crippen LogP contribution is -2.45. The Morgan fingerprint density at radius 1 is 1.33 bits per heavy atom. The fraction of sp³-hybridized carbons (Fsp3) is 0.562. The lowest BCUT2D eigenvalue weighted by atomic mass is 10.1. The molecule has 118 valence electrons. The van der Waals surface area contributed by atoms with Crippen LogP contribution in [0.4, 0.5) is 0 Å². The van der Waals surface area contributed by atoms with Gasteiger partial charge in [-0.1, -0.05) is 12.1 Å².